The number of hydrogen-bond donors (Lipinski definition) is 1. The molecule has 1 unspecified atom stereocenters. The van der Waals surface area contributed by atoms with Gasteiger partial charge in [0, 0.05) is 17.6 Å². The zero-order chi connectivity index (χ0) is 14.7. The van der Waals surface area contributed by atoms with Gasteiger partial charge in [-0.15, -0.1) is 0 Å². The lowest BCUT2D eigenvalue weighted by Gasteiger charge is -2.29. The van der Waals surface area contributed by atoms with Gasteiger partial charge >= 0.3 is 0 Å². The molecule has 1 aliphatic heterocycles. The van der Waals surface area contributed by atoms with E-state index in [9.17, 15) is 13.6 Å². The smallest absolute Gasteiger partial charge is 0.244 e. The van der Waals surface area contributed by atoms with Gasteiger partial charge in [-0.25, -0.2) is 8.78 Å². The second kappa shape index (κ2) is 6.52. The molecule has 1 aromatic rings. The molecule has 1 aliphatic rings. The van der Waals surface area contributed by atoms with Gasteiger partial charge in [-0.2, -0.15) is 0 Å². The van der Waals surface area contributed by atoms with Gasteiger partial charge in [0.05, 0.1) is 0 Å². The number of piperidine rings is 1. The van der Waals surface area contributed by atoms with Gasteiger partial charge in [0.25, 0.3) is 0 Å². The van der Waals surface area contributed by atoms with Gasteiger partial charge in [0.2, 0.25) is 5.91 Å². The summed E-state index contributed by atoms with van der Waals surface area (Å²) in [5.74, 6) is -1.54. The van der Waals surface area contributed by atoms with Gasteiger partial charge in [-0.05, 0) is 38.3 Å². The Morgan fingerprint density at radius 2 is 1.80 bits per heavy atom. The normalized spacial score (nSPS) is 16.9. The molecule has 1 heterocycles. The molecule has 2 rings (SSSR count). The minimum atomic E-state index is -0.713. The predicted octanol–water partition coefficient (Wildman–Crippen LogP) is 3.54. The zero-order valence-electron chi connectivity index (χ0n) is 11.3. The summed E-state index contributed by atoms with van der Waals surface area (Å²) < 4.78 is 27.8. The van der Waals surface area contributed by atoms with Crippen molar-refractivity contribution < 1.29 is 13.6 Å². The van der Waals surface area contributed by atoms with E-state index < -0.39 is 17.7 Å². The highest BCUT2D eigenvalue weighted by Crippen LogP contribution is 2.24. The minimum Gasteiger partial charge on any atom is -0.369 e. The monoisotopic (exact) mass is 346 g/mol. The molecule has 0 spiro atoms. The highest BCUT2D eigenvalue weighted by molar-refractivity contribution is 9.10. The van der Waals surface area contributed by atoms with Crippen molar-refractivity contribution in [1.82, 2.24) is 4.90 Å². The Morgan fingerprint density at radius 1 is 1.25 bits per heavy atom. The Balaban J connectivity index is 2.07. The van der Waals surface area contributed by atoms with Crippen LogP contribution in [0.5, 0.6) is 0 Å². The Morgan fingerprint density at radius 3 is 2.35 bits per heavy atom. The Labute approximate surface area is 125 Å². The van der Waals surface area contributed by atoms with E-state index >= 15 is 0 Å². The highest BCUT2D eigenvalue weighted by atomic mass is 79.9. The number of amides is 1. The van der Waals surface area contributed by atoms with Crippen LogP contribution in [0.15, 0.2) is 16.6 Å². The predicted molar refractivity (Wildman–Crippen MR) is 77.6 cm³/mol. The molecule has 110 valence electrons. The van der Waals surface area contributed by atoms with Crippen LogP contribution in [0.1, 0.15) is 26.2 Å². The lowest BCUT2D eigenvalue weighted by atomic mass is 10.1. The third-order valence-corrected chi connectivity index (χ3v) is 3.86. The van der Waals surface area contributed by atoms with Crippen LogP contribution in [0.3, 0.4) is 0 Å². The largest absolute Gasteiger partial charge is 0.369 e. The first kappa shape index (κ1) is 15.2. The van der Waals surface area contributed by atoms with Crippen LogP contribution in [0, 0.1) is 11.6 Å². The van der Waals surface area contributed by atoms with Crippen molar-refractivity contribution in [1.29, 1.82) is 0 Å². The first-order chi connectivity index (χ1) is 9.49. The Kier molecular flexibility index (Phi) is 4.96. The average Bonchev–Trinajstić information content (AvgIpc) is 2.42. The SMILES string of the molecule is CC(Nc1c(F)cc(Br)cc1F)C(=O)N1CCCCC1. The number of nitrogens with zero attached hydrogens (tertiary/aromatic N) is 1. The standard InChI is InChI=1S/C14H17BrF2N2O/c1-9(14(20)19-5-3-2-4-6-19)18-13-11(16)7-10(15)8-12(13)17/h7-9,18H,2-6H2,1H3. The van der Waals surface area contributed by atoms with E-state index in [0.29, 0.717) is 4.47 Å². The lowest BCUT2D eigenvalue weighted by Crippen LogP contribution is -2.44. The number of carbonyl (C=O) groups is 1. The molecule has 20 heavy (non-hydrogen) atoms. The van der Waals surface area contributed by atoms with E-state index in [1.54, 1.807) is 11.8 Å². The summed E-state index contributed by atoms with van der Waals surface area (Å²) in [6, 6.07) is 1.69. The number of carbonyl (C=O) groups excluding carboxylic acids is 1. The van der Waals surface area contributed by atoms with Crippen molar-refractivity contribution in [2.24, 2.45) is 0 Å². The van der Waals surface area contributed by atoms with Crippen molar-refractivity contribution in [2.75, 3.05) is 18.4 Å². The molecule has 1 saturated heterocycles. The summed E-state index contributed by atoms with van der Waals surface area (Å²) in [6.45, 7) is 3.06. The molecule has 0 bridgehead atoms. The topological polar surface area (TPSA) is 32.3 Å². The molecular weight excluding hydrogens is 330 g/mol. The molecule has 0 aromatic heterocycles. The molecule has 1 amide bonds. The lowest BCUT2D eigenvalue weighted by molar-refractivity contribution is -0.132. The Hall–Kier alpha value is -1.17. The number of halogens is 3. The molecule has 3 nitrogen and oxygen atoms in total. The summed E-state index contributed by atoms with van der Waals surface area (Å²) in [6.07, 6.45) is 3.10. The van der Waals surface area contributed by atoms with Crippen molar-refractivity contribution in [2.45, 2.75) is 32.2 Å². The van der Waals surface area contributed by atoms with Crippen molar-refractivity contribution >= 4 is 27.5 Å². The maximum Gasteiger partial charge on any atom is 0.244 e. The zero-order valence-corrected chi connectivity index (χ0v) is 12.8. The van der Waals surface area contributed by atoms with Crippen LogP contribution in [0.4, 0.5) is 14.5 Å². The van der Waals surface area contributed by atoms with Crippen LogP contribution in [0.2, 0.25) is 0 Å². The second-order valence-corrected chi connectivity index (χ2v) is 5.91. The fraction of sp³-hybridized carbons (Fsp3) is 0.500. The van der Waals surface area contributed by atoms with E-state index in [-0.39, 0.29) is 11.6 Å². The summed E-state index contributed by atoms with van der Waals surface area (Å²) >= 11 is 3.02. The van der Waals surface area contributed by atoms with Crippen LogP contribution in [0.25, 0.3) is 0 Å². The maximum atomic E-state index is 13.7. The molecular formula is C14H17BrF2N2O. The van der Waals surface area contributed by atoms with E-state index in [0.717, 1.165) is 32.4 Å². The van der Waals surface area contributed by atoms with Crippen LogP contribution in [-0.2, 0) is 4.79 Å². The quantitative estimate of drug-likeness (QED) is 0.907. The number of rotatable bonds is 3. The van der Waals surface area contributed by atoms with Crippen molar-refractivity contribution in [3.05, 3.63) is 28.2 Å². The van der Waals surface area contributed by atoms with Gasteiger partial charge < -0.3 is 10.2 Å². The highest BCUT2D eigenvalue weighted by Gasteiger charge is 2.23. The van der Waals surface area contributed by atoms with Crippen LogP contribution >= 0.6 is 15.9 Å². The average molecular weight is 347 g/mol. The van der Waals surface area contributed by atoms with Crippen LogP contribution < -0.4 is 5.32 Å². The van der Waals surface area contributed by atoms with Gasteiger partial charge in [-0.3, -0.25) is 4.79 Å². The van der Waals surface area contributed by atoms with Gasteiger partial charge in [0.15, 0.2) is 0 Å². The summed E-state index contributed by atoms with van der Waals surface area (Å²) in [4.78, 5) is 13.9. The number of anilines is 1. The van der Waals surface area contributed by atoms with E-state index in [1.165, 1.54) is 12.1 Å². The van der Waals surface area contributed by atoms with E-state index in [4.69, 9.17) is 0 Å². The molecule has 1 fully saturated rings. The summed E-state index contributed by atoms with van der Waals surface area (Å²) in [5.41, 5.74) is -0.258. The molecule has 6 heteroatoms. The third-order valence-electron chi connectivity index (χ3n) is 3.41. The number of hydrogen-bond acceptors (Lipinski definition) is 2. The fourth-order valence-corrected chi connectivity index (χ4v) is 2.75. The summed E-state index contributed by atoms with van der Waals surface area (Å²) in [7, 11) is 0. The third kappa shape index (κ3) is 3.48. The molecule has 0 saturated carbocycles. The second-order valence-electron chi connectivity index (χ2n) is 5.00. The van der Waals surface area contributed by atoms with Crippen molar-refractivity contribution in [3.8, 4) is 0 Å². The number of benzene rings is 1. The van der Waals surface area contributed by atoms with Gasteiger partial charge in [-0.1, -0.05) is 15.9 Å². The van der Waals surface area contributed by atoms with E-state index in [2.05, 4.69) is 21.2 Å². The first-order valence-corrected chi connectivity index (χ1v) is 7.48. The minimum absolute atomic E-state index is 0.119. The van der Waals surface area contributed by atoms with Crippen molar-refractivity contribution in [3.63, 3.8) is 0 Å². The summed E-state index contributed by atoms with van der Waals surface area (Å²) in [5, 5.41) is 2.64. The molecule has 0 radical (unpaired) electrons. The number of nitrogens with one attached hydrogen (secondary N) is 1. The van der Waals surface area contributed by atoms with Gasteiger partial charge in [0.1, 0.15) is 23.4 Å². The number of likely N-dealkylation sites (tertiary alicyclic amines) is 1. The van der Waals surface area contributed by atoms with Crippen LogP contribution in [-0.4, -0.2) is 29.9 Å². The molecule has 0 aliphatic carbocycles. The fourth-order valence-electron chi connectivity index (χ4n) is 2.35. The molecule has 1 atom stereocenters. The maximum absolute atomic E-state index is 13.7. The molecule has 1 aromatic carbocycles. The molecule has 1 N–H and O–H groups in total. The Bertz CT molecular complexity index is 481. The van der Waals surface area contributed by atoms with E-state index in [1.807, 2.05) is 0 Å². The first-order valence-electron chi connectivity index (χ1n) is 6.69.